The molecule has 2 atom stereocenters. The first-order valence-corrected chi connectivity index (χ1v) is 7.30. The molecule has 1 N–H and O–H groups in total. The highest BCUT2D eigenvalue weighted by Crippen LogP contribution is 2.37. The lowest BCUT2D eigenvalue weighted by Gasteiger charge is -2.40. The van der Waals surface area contributed by atoms with Crippen LogP contribution >= 0.6 is 0 Å². The molecule has 102 valence electrons. The second kappa shape index (κ2) is 5.33. The van der Waals surface area contributed by atoms with Crippen LogP contribution in [0.5, 0.6) is 0 Å². The van der Waals surface area contributed by atoms with Gasteiger partial charge in [-0.15, -0.1) is 0 Å². The van der Waals surface area contributed by atoms with Crippen LogP contribution in [0.25, 0.3) is 0 Å². The highest BCUT2D eigenvalue weighted by molar-refractivity contribution is 5.87. The van der Waals surface area contributed by atoms with Crippen LogP contribution in [0.1, 0.15) is 42.7 Å². The van der Waals surface area contributed by atoms with Gasteiger partial charge in [-0.25, -0.2) is 0 Å². The normalized spacial score (nSPS) is 25.6. The van der Waals surface area contributed by atoms with E-state index in [1.54, 1.807) is 0 Å². The smallest absolute Gasteiger partial charge is 0.230 e. The minimum atomic E-state index is 0.0653. The molecule has 0 radical (unpaired) electrons. The topological polar surface area (TPSA) is 40.5 Å². The van der Waals surface area contributed by atoms with E-state index < -0.39 is 0 Å². The lowest BCUT2D eigenvalue weighted by Crippen LogP contribution is -2.48. The van der Waals surface area contributed by atoms with Crippen molar-refractivity contribution in [3.05, 3.63) is 35.4 Å². The highest BCUT2D eigenvalue weighted by atomic mass is 16.3. The third kappa shape index (κ3) is 2.27. The van der Waals surface area contributed by atoms with Crippen LogP contribution in [0.3, 0.4) is 0 Å². The van der Waals surface area contributed by atoms with Crippen molar-refractivity contribution >= 4 is 5.91 Å². The summed E-state index contributed by atoms with van der Waals surface area (Å²) in [5.74, 6) is 0.340. The Bertz CT molecular complexity index is 470. The number of carbonyl (C=O) groups is 1. The molecule has 19 heavy (non-hydrogen) atoms. The zero-order valence-corrected chi connectivity index (χ0v) is 11.2. The van der Waals surface area contributed by atoms with E-state index in [-0.39, 0.29) is 24.5 Å². The molecule has 2 aliphatic rings. The predicted molar refractivity (Wildman–Crippen MR) is 73.9 cm³/mol. The second-order valence-electron chi connectivity index (χ2n) is 5.65. The second-order valence-corrected chi connectivity index (χ2v) is 5.65. The minimum Gasteiger partial charge on any atom is -0.396 e. The molecular formula is C16H21NO2. The number of rotatable bonds is 3. The summed E-state index contributed by atoms with van der Waals surface area (Å²) in [6.07, 6.45) is 4.93. The molecule has 1 amide bonds. The Morgan fingerprint density at radius 1 is 1.32 bits per heavy atom. The summed E-state index contributed by atoms with van der Waals surface area (Å²) in [7, 11) is 0. The van der Waals surface area contributed by atoms with Crippen molar-refractivity contribution in [2.24, 2.45) is 0 Å². The Balaban J connectivity index is 1.73. The van der Waals surface area contributed by atoms with Gasteiger partial charge >= 0.3 is 0 Å². The number of likely N-dealkylation sites (tertiary alicyclic amines) is 1. The Morgan fingerprint density at radius 2 is 2.16 bits per heavy atom. The molecule has 3 heteroatoms. The van der Waals surface area contributed by atoms with E-state index in [9.17, 15) is 4.79 Å². The van der Waals surface area contributed by atoms with E-state index in [0.717, 1.165) is 32.2 Å². The highest BCUT2D eigenvalue weighted by Gasteiger charge is 2.37. The zero-order chi connectivity index (χ0) is 13.2. The van der Waals surface area contributed by atoms with E-state index >= 15 is 0 Å². The van der Waals surface area contributed by atoms with Gasteiger partial charge in [-0.05, 0) is 43.2 Å². The molecule has 1 saturated heterocycles. The maximum absolute atomic E-state index is 12.7. The maximum atomic E-state index is 12.7. The number of hydrogen-bond donors (Lipinski definition) is 1. The van der Waals surface area contributed by atoms with E-state index in [1.165, 1.54) is 17.5 Å². The monoisotopic (exact) mass is 259 g/mol. The first-order chi connectivity index (χ1) is 9.31. The van der Waals surface area contributed by atoms with E-state index in [2.05, 4.69) is 12.1 Å². The lowest BCUT2D eigenvalue weighted by molar-refractivity contribution is -0.137. The number of fused-ring (bicyclic) bond motifs is 1. The third-order valence-corrected chi connectivity index (χ3v) is 4.53. The predicted octanol–water partition coefficient (Wildman–Crippen LogP) is 2.09. The minimum absolute atomic E-state index is 0.0653. The van der Waals surface area contributed by atoms with Gasteiger partial charge in [0.05, 0.1) is 5.92 Å². The standard InChI is InChI=1S/C16H21NO2/c18-10-8-13-6-3-4-9-17(13)16(19)15-11-12-5-1-2-7-14(12)15/h1-2,5,7,13,15,18H,3-4,6,8-11H2. The van der Waals surface area contributed by atoms with E-state index in [0.29, 0.717) is 0 Å². The lowest BCUT2D eigenvalue weighted by atomic mass is 9.76. The SMILES string of the molecule is O=C(C1Cc2ccccc21)N1CCCCC1CCO. The summed E-state index contributed by atoms with van der Waals surface area (Å²) in [6.45, 7) is 1.04. The summed E-state index contributed by atoms with van der Waals surface area (Å²) in [6, 6.07) is 8.49. The number of carbonyl (C=O) groups excluding carboxylic acids is 1. The molecule has 2 unspecified atom stereocenters. The first kappa shape index (κ1) is 12.7. The van der Waals surface area contributed by atoms with Gasteiger partial charge in [0.1, 0.15) is 0 Å². The van der Waals surface area contributed by atoms with Gasteiger partial charge in [0.25, 0.3) is 0 Å². The number of hydrogen-bond acceptors (Lipinski definition) is 2. The van der Waals surface area contributed by atoms with Gasteiger partial charge in [-0.2, -0.15) is 0 Å². The molecule has 0 bridgehead atoms. The third-order valence-electron chi connectivity index (χ3n) is 4.53. The Hall–Kier alpha value is -1.35. The van der Waals surface area contributed by atoms with Gasteiger partial charge in [0.2, 0.25) is 5.91 Å². The average molecular weight is 259 g/mol. The summed E-state index contributed by atoms with van der Waals surface area (Å²) in [4.78, 5) is 14.7. The van der Waals surface area contributed by atoms with E-state index in [4.69, 9.17) is 5.11 Å². The van der Waals surface area contributed by atoms with Crippen molar-refractivity contribution in [1.29, 1.82) is 0 Å². The molecule has 1 fully saturated rings. The molecule has 1 aromatic rings. The van der Waals surface area contributed by atoms with Crippen molar-refractivity contribution in [3.8, 4) is 0 Å². The molecule has 3 nitrogen and oxygen atoms in total. The van der Waals surface area contributed by atoms with Crippen molar-refractivity contribution in [3.63, 3.8) is 0 Å². The molecule has 3 rings (SSSR count). The van der Waals surface area contributed by atoms with Crippen molar-refractivity contribution in [2.45, 2.75) is 44.1 Å². The molecule has 0 spiro atoms. The average Bonchev–Trinajstić information content (AvgIpc) is 2.41. The Morgan fingerprint density at radius 3 is 2.95 bits per heavy atom. The van der Waals surface area contributed by atoms with Crippen LogP contribution in [-0.4, -0.2) is 35.1 Å². The number of benzene rings is 1. The van der Waals surface area contributed by atoms with Gasteiger partial charge in [-0.3, -0.25) is 4.79 Å². The molecular weight excluding hydrogens is 238 g/mol. The summed E-state index contributed by atoms with van der Waals surface area (Å²) >= 11 is 0. The van der Waals surface area contributed by atoms with Crippen LogP contribution in [0.2, 0.25) is 0 Å². The number of piperidine rings is 1. The molecule has 1 aliphatic carbocycles. The van der Waals surface area contributed by atoms with Crippen molar-refractivity contribution < 1.29 is 9.90 Å². The number of aliphatic hydroxyl groups is 1. The number of amides is 1. The number of nitrogens with zero attached hydrogens (tertiary/aromatic N) is 1. The van der Waals surface area contributed by atoms with Gasteiger partial charge < -0.3 is 10.0 Å². The molecule has 0 aromatic heterocycles. The molecule has 1 aromatic carbocycles. The fourth-order valence-corrected chi connectivity index (χ4v) is 3.42. The first-order valence-electron chi connectivity index (χ1n) is 7.30. The summed E-state index contributed by atoms with van der Waals surface area (Å²) in [5.41, 5.74) is 2.53. The zero-order valence-electron chi connectivity index (χ0n) is 11.2. The van der Waals surface area contributed by atoms with E-state index in [1.807, 2.05) is 17.0 Å². The fraction of sp³-hybridized carbons (Fsp3) is 0.562. The van der Waals surface area contributed by atoms with Crippen LogP contribution in [-0.2, 0) is 11.2 Å². The van der Waals surface area contributed by atoms with Crippen molar-refractivity contribution in [2.75, 3.05) is 13.2 Å². The quantitative estimate of drug-likeness (QED) is 0.903. The van der Waals surface area contributed by atoms with Crippen LogP contribution in [0.15, 0.2) is 24.3 Å². The number of aliphatic hydroxyl groups excluding tert-OH is 1. The summed E-state index contributed by atoms with van der Waals surface area (Å²) < 4.78 is 0. The Kier molecular flexibility index (Phi) is 3.56. The van der Waals surface area contributed by atoms with Crippen LogP contribution < -0.4 is 0 Å². The Labute approximate surface area is 114 Å². The molecule has 1 heterocycles. The fourth-order valence-electron chi connectivity index (χ4n) is 3.42. The van der Waals surface area contributed by atoms with Crippen LogP contribution in [0, 0.1) is 0 Å². The maximum Gasteiger partial charge on any atom is 0.230 e. The van der Waals surface area contributed by atoms with Crippen molar-refractivity contribution in [1.82, 2.24) is 4.90 Å². The summed E-state index contributed by atoms with van der Waals surface area (Å²) in [5, 5.41) is 9.15. The molecule has 0 saturated carbocycles. The van der Waals surface area contributed by atoms with Gasteiger partial charge in [0.15, 0.2) is 0 Å². The largest absolute Gasteiger partial charge is 0.396 e. The van der Waals surface area contributed by atoms with Crippen LogP contribution in [0.4, 0.5) is 0 Å². The molecule has 1 aliphatic heterocycles. The van der Waals surface area contributed by atoms with Gasteiger partial charge in [0, 0.05) is 19.2 Å². The van der Waals surface area contributed by atoms with Gasteiger partial charge in [-0.1, -0.05) is 24.3 Å².